The number of nitrogens with zero attached hydrogens (tertiary/aromatic N) is 3. The zero-order valence-electron chi connectivity index (χ0n) is 10.6. The molecule has 0 saturated heterocycles. The third-order valence-corrected chi connectivity index (χ3v) is 2.85. The summed E-state index contributed by atoms with van der Waals surface area (Å²) in [7, 11) is 0. The maximum Gasteiger partial charge on any atom is 0.207 e. The molecule has 0 aliphatic heterocycles. The van der Waals surface area contributed by atoms with Crippen LogP contribution in [0.4, 0.5) is 5.95 Å². The van der Waals surface area contributed by atoms with Gasteiger partial charge in [0.05, 0.1) is 12.3 Å². The van der Waals surface area contributed by atoms with Crippen LogP contribution in [0, 0.1) is 0 Å². The predicted molar refractivity (Wildman–Crippen MR) is 74.4 cm³/mol. The second-order valence-corrected chi connectivity index (χ2v) is 4.08. The number of hydrogen-bond acceptors (Lipinski definition) is 4. The Balaban J connectivity index is 2.10. The van der Waals surface area contributed by atoms with E-state index in [2.05, 4.69) is 9.97 Å². The van der Waals surface area contributed by atoms with E-state index in [1.54, 1.807) is 6.20 Å². The van der Waals surface area contributed by atoms with Gasteiger partial charge in [-0.2, -0.15) is 0 Å². The van der Waals surface area contributed by atoms with Gasteiger partial charge < -0.3 is 10.5 Å². The number of imidazole rings is 1. The molecule has 1 aromatic carbocycles. The SMILES string of the molecule is CCOc1ccc(-n2c(N)nc3cccnc32)cc1. The number of hydrogen-bond donors (Lipinski definition) is 1. The molecule has 5 heteroatoms. The molecule has 2 heterocycles. The zero-order chi connectivity index (χ0) is 13.2. The van der Waals surface area contributed by atoms with Crippen LogP contribution in [0.15, 0.2) is 42.6 Å². The van der Waals surface area contributed by atoms with Crippen LogP contribution in [0.1, 0.15) is 6.92 Å². The van der Waals surface area contributed by atoms with Crippen LogP contribution in [-0.2, 0) is 0 Å². The Morgan fingerprint density at radius 2 is 2.00 bits per heavy atom. The Kier molecular flexibility index (Phi) is 2.79. The molecule has 0 saturated carbocycles. The fourth-order valence-corrected chi connectivity index (χ4v) is 2.04. The van der Waals surface area contributed by atoms with Crippen LogP contribution in [0.2, 0.25) is 0 Å². The van der Waals surface area contributed by atoms with E-state index in [-0.39, 0.29) is 0 Å². The maximum atomic E-state index is 5.96. The highest BCUT2D eigenvalue weighted by atomic mass is 16.5. The first-order chi connectivity index (χ1) is 9.29. The molecule has 5 nitrogen and oxygen atoms in total. The van der Waals surface area contributed by atoms with Crippen molar-refractivity contribution in [3.05, 3.63) is 42.6 Å². The van der Waals surface area contributed by atoms with Crippen LogP contribution in [0.3, 0.4) is 0 Å². The summed E-state index contributed by atoms with van der Waals surface area (Å²) in [4.78, 5) is 8.62. The van der Waals surface area contributed by atoms with Gasteiger partial charge in [-0.1, -0.05) is 0 Å². The Bertz CT molecular complexity index is 703. The van der Waals surface area contributed by atoms with Crippen molar-refractivity contribution in [1.29, 1.82) is 0 Å². The van der Waals surface area contributed by atoms with Gasteiger partial charge in [-0.3, -0.25) is 4.57 Å². The summed E-state index contributed by atoms with van der Waals surface area (Å²) < 4.78 is 7.25. The molecular formula is C14H14N4O. The maximum absolute atomic E-state index is 5.96. The average molecular weight is 254 g/mol. The third kappa shape index (κ3) is 1.99. The normalized spacial score (nSPS) is 10.8. The smallest absolute Gasteiger partial charge is 0.207 e. The minimum absolute atomic E-state index is 0.429. The monoisotopic (exact) mass is 254 g/mol. The van der Waals surface area contributed by atoms with E-state index in [0.29, 0.717) is 12.6 Å². The summed E-state index contributed by atoms with van der Waals surface area (Å²) in [6.07, 6.45) is 1.73. The van der Waals surface area contributed by atoms with Gasteiger partial charge in [-0.05, 0) is 43.3 Å². The van der Waals surface area contributed by atoms with Gasteiger partial charge in [0.2, 0.25) is 5.95 Å². The van der Waals surface area contributed by atoms with E-state index in [0.717, 1.165) is 22.6 Å². The number of anilines is 1. The van der Waals surface area contributed by atoms with E-state index in [1.165, 1.54) is 0 Å². The van der Waals surface area contributed by atoms with Crippen LogP contribution >= 0.6 is 0 Å². The highest BCUT2D eigenvalue weighted by Crippen LogP contribution is 2.22. The Hall–Kier alpha value is -2.56. The molecule has 0 atom stereocenters. The van der Waals surface area contributed by atoms with Gasteiger partial charge >= 0.3 is 0 Å². The number of fused-ring (bicyclic) bond motifs is 1. The van der Waals surface area contributed by atoms with E-state index in [4.69, 9.17) is 10.5 Å². The number of ether oxygens (including phenoxy) is 1. The molecule has 2 N–H and O–H groups in total. The fourth-order valence-electron chi connectivity index (χ4n) is 2.04. The highest BCUT2D eigenvalue weighted by Gasteiger charge is 2.10. The minimum atomic E-state index is 0.429. The molecule has 0 bridgehead atoms. The quantitative estimate of drug-likeness (QED) is 0.779. The van der Waals surface area contributed by atoms with E-state index >= 15 is 0 Å². The molecule has 2 aromatic heterocycles. The molecule has 0 fully saturated rings. The lowest BCUT2D eigenvalue weighted by atomic mass is 10.3. The van der Waals surface area contributed by atoms with Crippen LogP contribution in [0.5, 0.6) is 5.75 Å². The number of aromatic nitrogens is 3. The Morgan fingerprint density at radius 3 is 2.74 bits per heavy atom. The fraction of sp³-hybridized carbons (Fsp3) is 0.143. The highest BCUT2D eigenvalue weighted by molar-refractivity contribution is 5.76. The van der Waals surface area contributed by atoms with Crippen molar-refractivity contribution < 1.29 is 4.74 Å². The minimum Gasteiger partial charge on any atom is -0.494 e. The van der Waals surface area contributed by atoms with Crippen molar-refractivity contribution in [1.82, 2.24) is 14.5 Å². The standard InChI is InChI=1S/C14H14N4O/c1-2-19-11-7-5-10(6-8-11)18-13-12(17-14(18)15)4-3-9-16-13/h3-9H,2H2,1H3,(H2,15,17). The summed E-state index contributed by atoms with van der Waals surface area (Å²) in [5, 5.41) is 0. The van der Waals surface area contributed by atoms with Crippen molar-refractivity contribution in [3.63, 3.8) is 0 Å². The van der Waals surface area contributed by atoms with Crippen molar-refractivity contribution >= 4 is 17.1 Å². The zero-order valence-corrected chi connectivity index (χ0v) is 10.6. The van der Waals surface area contributed by atoms with Crippen LogP contribution in [-0.4, -0.2) is 21.1 Å². The topological polar surface area (TPSA) is 66.0 Å². The van der Waals surface area contributed by atoms with Gasteiger partial charge in [0, 0.05) is 6.20 Å². The predicted octanol–water partition coefficient (Wildman–Crippen LogP) is 2.40. The van der Waals surface area contributed by atoms with Gasteiger partial charge in [0.1, 0.15) is 11.3 Å². The molecule has 0 unspecified atom stereocenters. The summed E-state index contributed by atoms with van der Waals surface area (Å²) in [5.41, 5.74) is 8.42. The molecule has 0 aliphatic rings. The third-order valence-electron chi connectivity index (χ3n) is 2.85. The molecular weight excluding hydrogens is 240 g/mol. The van der Waals surface area contributed by atoms with Crippen molar-refractivity contribution in [2.75, 3.05) is 12.3 Å². The largest absolute Gasteiger partial charge is 0.494 e. The van der Waals surface area contributed by atoms with Crippen molar-refractivity contribution in [2.24, 2.45) is 0 Å². The van der Waals surface area contributed by atoms with E-state index in [9.17, 15) is 0 Å². The lowest BCUT2D eigenvalue weighted by Crippen LogP contribution is -2.01. The first-order valence-corrected chi connectivity index (χ1v) is 6.12. The molecule has 0 amide bonds. The lowest BCUT2D eigenvalue weighted by Gasteiger charge is -2.07. The van der Waals surface area contributed by atoms with E-state index in [1.807, 2.05) is 47.9 Å². The molecule has 3 rings (SSSR count). The first kappa shape index (κ1) is 11.5. The van der Waals surface area contributed by atoms with Crippen molar-refractivity contribution in [3.8, 4) is 11.4 Å². The van der Waals surface area contributed by atoms with Crippen molar-refractivity contribution in [2.45, 2.75) is 6.92 Å². The summed E-state index contributed by atoms with van der Waals surface area (Å²) >= 11 is 0. The molecule has 19 heavy (non-hydrogen) atoms. The molecule has 0 radical (unpaired) electrons. The average Bonchev–Trinajstić information content (AvgIpc) is 2.76. The second kappa shape index (κ2) is 4.61. The number of benzene rings is 1. The number of rotatable bonds is 3. The van der Waals surface area contributed by atoms with Crippen LogP contribution in [0.25, 0.3) is 16.9 Å². The summed E-state index contributed by atoms with van der Waals surface area (Å²) in [6.45, 7) is 2.61. The summed E-state index contributed by atoms with van der Waals surface area (Å²) in [6, 6.07) is 11.4. The number of nitrogens with two attached hydrogens (primary N) is 1. The van der Waals surface area contributed by atoms with Crippen LogP contribution < -0.4 is 10.5 Å². The lowest BCUT2D eigenvalue weighted by molar-refractivity contribution is 0.340. The van der Waals surface area contributed by atoms with Gasteiger partial charge in [-0.15, -0.1) is 0 Å². The number of pyridine rings is 1. The van der Waals surface area contributed by atoms with Gasteiger partial charge in [0.25, 0.3) is 0 Å². The summed E-state index contributed by atoms with van der Waals surface area (Å²) in [5.74, 6) is 1.26. The second-order valence-electron chi connectivity index (χ2n) is 4.08. The number of nitrogen functional groups attached to an aromatic ring is 1. The molecule has 96 valence electrons. The van der Waals surface area contributed by atoms with E-state index < -0.39 is 0 Å². The molecule has 0 aliphatic carbocycles. The van der Waals surface area contributed by atoms with Gasteiger partial charge in [0.15, 0.2) is 5.65 Å². The Labute approximate surface area is 110 Å². The Morgan fingerprint density at radius 1 is 1.21 bits per heavy atom. The molecule has 0 spiro atoms. The first-order valence-electron chi connectivity index (χ1n) is 6.12. The molecule has 3 aromatic rings. The van der Waals surface area contributed by atoms with Gasteiger partial charge in [-0.25, -0.2) is 9.97 Å².